The van der Waals surface area contributed by atoms with Gasteiger partial charge in [0.2, 0.25) is 0 Å². The Hall–Kier alpha value is -1.38. The highest BCUT2D eigenvalue weighted by Gasteiger charge is 2.30. The van der Waals surface area contributed by atoms with Gasteiger partial charge < -0.3 is 5.11 Å². The molecule has 1 N–H and O–H groups in total. The van der Waals surface area contributed by atoms with Crippen molar-refractivity contribution in [3.63, 3.8) is 0 Å². The fourth-order valence-corrected chi connectivity index (χ4v) is 2.59. The van der Waals surface area contributed by atoms with Crippen molar-refractivity contribution in [3.8, 4) is 0 Å². The van der Waals surface area contributed by atoms with Crippen LogP contribution in [0.5, 0.6) is 0 Å². The van der Waals surface area contributed by atoms with Crippen molar-refractivity contribution >= 4 is 5.97 Å². The first kappa shape index (κ1) is 11.1. The average Bonchev–Trinajstić information content (AvgIpc) is 2.80. The molecule has 1 heterocycles. The van der Waals surface area contributed by atoms with E-state index in [1.807, 2.05) is 12.1 Å². The molecule has 16 heavy (non-hydrogen) atoms. The Kier molecular flexibility index (Phi) is 3.54. The van der Waals surface area contributed by atoms with Gasteiger partial charge in [-0.2, -0.15) is 0 Å². The molecule has 0 saturated heterocycles. The highest BCUT2D eigenvalue weighted by atomic mass is 16.4. The fourth-order valence-electron chi connectivity index (χ4n) is 2.59. The number of aliphatic carboxylic acids is 1. The van der Waals surface area contributed by atoms with Crippen LogP contribution in [0.15, 0.2) is 24.5 Å². The number of carbonyl (C=O) groups is 1. The van der Waals surface area contributed by atoms with Gasteiger partial charge in [-0.25, -0.2) is 0 Å². The quantitative estimate of drug-likeness (QED) is 0.846. The van der Waals surface area contributed by atoms with E-state index in [9.17, 15) is 9.90 Å². The van der Waals surface area contributed by atoms with Gasteiger partial charge in [-0.05, 0) is 36.8 Å². The smallest absolute Gasteiger partial charge is 0.307 e. The third-order valence-electron chi connectivity index (χ3n) is 3.46. The lowest BCUT2D eigenvalue weighted by atomic mass is 9.86. The SMILES string of the molecule is O=C(O)[C@@H](Cc1cccnc1)C1CCCC1. The molecule has 0 unspecified atom stereocenters. The Morgan fingerprint density at radius 1 is 1.50 bits per heavy atom. The molecule has 1 atom stereocenters. The zero-order valence-corrected chi connectivity index (χ0v) is 9.30. The molecule has 0 bridgehead atoms. The first-order chi connectivity index (χ1) is 7.77. The molecule has 0 aromatic carbocycles. The number of carboxylic acids is 1. The predicted molar refractivity (Wildman–Crippen MR) is 61.0 cm³/mol. The molecule has 0 aliphatic heterocycles. The number of hydrogen-bond acceptors (Lipinski definition) is 2. The van der Waals surface area contributed by atoms with E-state index >= 15 is 0 Å². The predicted octanol–water partition coefficient (Wildman–Crippen LogP) is 2.52. The maximum atomic E-state index is 11.3. The molecule has 0 radical (unpaired) electrons. The highest BCUT2D eigenvalue weighted by molar-refractivity contribution is 5.70. The summed E-state index contributed by atoms with van der Waals surface area (Å²) in [5.41, 5.74) is 1.03. The molecule has 1 fully saturated rings. The average molecular weight is 219 g/mol. The molecule has 3 nitrogen and oxygen atoms in total. The third kappa shape index (κ3) is 2.60. The van der Waals surface area contributed by atoms with Gasteiger partial charge in [-0.15, -0.1) is 0 Å². The Morgan fingerprint density at radius 3 is 2.81 bits per heavy atom. The van der Waals surface area contributed by atoms with Crippen LogP contribution >= 0.6 is 0 Å². The Morgan fingerprint density at radius 2 is 2.25 bits per heavy atom. The zero-order chi connectivity index (χ0) is 11.4. The van der Waals surface area contributed by atoms with Crippen LogP contribution in [0.3, 0.4) is 0 Å². The second-order valence-corrected chi connectivity index (χ2v) is 4.55. The van der Waals surface area contributed by atoms with Crippen LogP contribution in [-0.2, 0) is 11.2 Å². The number of rotatable bonds is 4. The molecule has 1 aliphatic carbocycles. The van der Waals surface area contributed by atoms with Crippen LogP contribution in [0.4, 0.5) is 0 Å². The van der Waals surface area contributed by atoms with Gasteiger partial charge in [-0.1, -0.05) is 18.9 Å². The largest absolute Gasteiger partial charge is 0.481 e. The maximum absolute atomic E-state index is 11.3. The summed E-state index contributed by atoms with van der Waals surface area (Å²) in [6.07, 6.45) is 8.60. The minimum Gasteiger partial charge on any atom is -0.481 e. The van der Waals surface area contributed by atoms with Gasteiger partial charge in [0.25, 0.3) is 0 Å². The molecule has 1 aromatic rings. The van der Waals surface area contributed by atoms with Crippen LogP contribution in [0, 0.1) is 11.8 Å². The highest BCUT2D eigenvalue weighted by Crippen LogP contribution is 2.33. The van der Waals surface area contributed by atoms with E-state index in [0.29, 0.717) is 12.3 Å². The summed E-state index contributed by atoms with van der Waals surface area (Å²) in [4.78, 5) is 15.3. The standard InChI is InChI=1S/C13H17NO2/c15-13(16)12(11-5-1-2-6-11)8-10-4-3-7-14-9-10/h3-4,7,9,11-12H,1-2,5-6,8H2,(H,15,16)/t12-/m0/s1. The number of hydrogen-bond donors (Lipinski definition) is 1. The van der Waals surface area contributed by atoms with Gasteiger partial charge in [0, 0.05) is 12.4 Å². The van der Waals surface area contributed by atoms with Crippen molar-refractivity contribution in [1.82, 2.24) is 4.98 Å². The van der Waals surface area contributed by atoms with Gasteiger partial charge in [-0.3, -0.25) is 9.78 Å². The first-order valence-corrected chi connectivity index (χ1v) is 5.89. The molecule has 0 amide bonds. The number of pyridine rings is 1. The second kappa shape index (κ2) is 5.10. The summed E-state index contributed by atoms with van der Waals surface area (Å²) in [6.45, 7) is 0. The van der Waals surface area contributed by atoms with E-state index in [2.05, 4.69) is 4.98 Å². The van der Waals surface area contributed by atoms with Crippen molar-refractivity contribution in [2.24, 2.45) is 11.8 Å². The Balaban J connectivity index is 2.05. The summed E-state index contributed by atoms with van der Waals surface area (Å²) in [6, 6.07) is 3.82. The monoisotopic (exact) mass is 219 g/mol. The van der Waals surface area contributed by atoms with Crippen LogP contribution in [0.25, 0.3) is 0 Å². The molecule has 1 aliphatic rings. The lowest BCUT2D eigenvalue weighted by molar-refractivity contribution is -0.143. The molecule has 1 saturated carbocycles. The normalized spacial score (nSPS) is 18.5. The summed E-state index contributed by atoms with van der Waals surface area (Å²) in [5.74, 6) is -0.528. The van der Waals surface area contributed by atoms with E-state index in [1.54, 1.807) is 12.4 Å². The minimum atomic E-state index is -0.657. The Labute approximate surface area is 95.5 Å². The molecular formula is C13H17NO2. The number of aromatic nitrogens is 1. The maximum Gasteiger partial charge on any atom is 0.307 e. The van der Waals surface area contributed by atoms with Gasteiger partial charge in [0.15, 0.2) is 0 Å². The van der Waals surface area contributed by atoms with E-state index in [1.165, 1.54) is 12.8 Å². The summed E-state index contributed by atoms with van der Waals surface area (Å²) >= 11 is 0. The number of nitrogens with zero attached hydrogens (tertiary/aromatic N) is 1. The van der Waals surface area contributed by atoms with Crippen molar-refractivity contribution in [3.05, 3.63) is 30.1 Å². The fraction of sp³-hybridized carbons (Fsp3) is 0.538. The molecular weight excluding hydrogens is 202 g/mol. The number of carboxylic acid groups (broad SMARTS) is 1. The zero-order valence-electron chi connectivity index (χ0n) is 9.30. The Bertz CT molecular complexity index is 344. The minimum absolute atomic E-state index is 0.230. The van der Waals surface area contributed by atoms with Gasteiger partial charge >= 0.3 is 5.97 Å². The summed E-state index contributed by atoms with van der Waals surface area (Å²) in [7, 11) is 0. The van der Waals surface area contributed by atoms with Gasteiger partial charge in [0.05, 0.1) is 5.92 Å². The van der Waals surface area contributed by atoms with E-state index < -0.39 is 5.97 Å². The molecule has 86 valence electrons. The first-order valence-electron chi connectivity index (χ1n) is 5.89. The van der Waals surface area contributed by atoms with Crippen molar-refractivity contribution in [2.75, 3.05) is 0 Å². The van der Waals surface area contributed by atoms with Crippen molar-refractivity contribution in [1.29, 1.82) is 0 Å². The third-order valence-corrected chi connectivity index (χ3v) is 3.46. The lowest BCUT2D eigenvalue weighted by Gasteiger charge is -2.18. The van der Waals surface area contributed by atoms with E-state index in [0.717, 1.165) is 18.4 Å². The second-order valence-electron chi connectivity index (χ2n) is 4.55. The van der Waals surface area contributed by atoms with Crippen molar-refractivity contribution in [2.45, 2.75) is 32.1 Å². The lowest BCUT2D eigenvalue weighted by Crippen LogP contribution is -2.24. The topological polar surface area (TPSA) is 50.2 Å². The molecule has 3 heteroatoms. The van der Waals surface area contributed by atoms with Crippen LogP contribution < -0.4 is 0 Å². The van der Waals surface area contributed by atoms with Crippen LogP contribution in [0.2, 0.25) is 0 Å². The van der Waals surface area contributed by atoms with E-state index in [4.69, 9.17) is 0 Å². The summed E-state index contributed by atoms with van der Waals surface area (Å²) in [5, 5.41) is 9.27. The molecule has 2 rings (SSSR count). The summed E-state index contributed by atoms with van der Waals surface area (Å²) < 4.78 is 0. The van der Waals surface area contributed by atoms with Crippen molar-refractivity contribution < 1.29 is 9.90 Å². The molecule has 1 aromatic heterocycles. The molecule has 0 spiro atoms. The van der Waals surface area contributed by atoms with Crippen LogP contribution in [0.1, 0.15) is 31.2 Å². The van der Waals surface area contributed by atoms with E-state index in [-0.39, 0.29) is 5.92 Å². The van der Waals surface area contributed by atoms with Gasteiger partial charge in [0.1, 0.15) is 0 Å². The van der Waals surface area contributed by atoms with Crippen LogP contribution in [-0.4, -0.2) is 16.1 Å².